The summed E-state index contributed by atoms with van der Waals surface area (Å²) in [5.41, 5.74) is 0. The van der Waals surface area contributed by atoms with Gasteiger partial charge >= 0.3 is 0 Å². The van der Waals surface area contributed by atoms with Crippen LogP contribution in [0.5, 0.6) is 0 Å². The standard InChI is InChI=1S/C9H19BrO/c1-4-5-6-7-8-9(2,10)11-3/h4-8H2,1-3H3. The van der Waals surface area contributed by atoms with Crippen molar-refractivity contribution < 1.29 is 4.74 Å². The van der Waals surface area contributed by atoms with Gasteiger partial charge in [0.25, 0.3) is 0 Å². The monoisotopic (exact) mass is 222 g/mol. The van der Waals surface area contributed by atoms with E-state index in [-0.39, 0.29) is 4.51 Å². The van der Waals surface area contributed by atoms with Crippen LogP contribution in [0.25, 0.3) is 0 Å². The highest BCUT2D eigenvalue weighted by Gasteiger charge is 2.17. The zero-order chi connectivity index (χ0) is 8.74. The summed E-state index contributed by atoms with van der Waals surface area (Å²) in [6, 6.07) is 0. The fourth-order valence-electron chi connectivity index (χ4n) is 0.970. The van der Waals surface area contributed by atoms with Gasteiger partial charge in [0.05, 0.1) is 0 Å². The van der Waals surface area contributed by atoms with Crippen molar-refractivity contribution in [2.24, 2.45) is 0 Å². The largest absolute Gasteiger partial charge is 0.367 e. The minimum absolute atomic E-state index is 0.0965. The first-order valence-electron chi connectivity index (χ1n) is 4.36. The smallest absolute Gasteiger partial charge is 0.119 e. The molecule has 1 unspecified atom stereocenters. The molecule has 0 aliphatic heterocycles. The molecule has 0 aromatic rings. The number of ether oxygens (including phenoxy) is 1. The summed E-state index contributed by atoms with van der Waals surface area (Å²) in [4.78, 5) is 0. The number of rotatable bonds is 6. The van der Waals surface area contributed by atoms with Crippen LogP contribution in [0.1, 0.15) is 46.0 Å². The highest BCUT2D eigenvalue weighted by Crippen LogP contribution is 2.25. The second-order valence-electron chi connectivity index (χ2n) is 3.12. The van der Waals surface area contributed by atoms with E-state index in [4.69, 9.17) is 4.74 Å². The minimum Gasteiger partial charge on any atom is -0.367 e. The molecular weight excluding hydrogens is 204 g/mol. The molecule has 0 saturated heterocycles. The molecule has 0 bridgehead atoms. The molecule has 0 aromatic heterocycles. The third-order valence-corrected chi connectivity index (χ3v) is 2.62. The molecule has 0 amide bonds. The summed E-state index contributed by atoms with van der Waals surface area (Å²) in [7, 11) is 1.74. The Morgan fingerprint density at radius 1 is 1.27 bits per heavy atom. The van der Waals surface area contributed by atoms with Crippen molar-refractivity contribution in [2.75, 3.05) is 7.11 Å². The first-order valence-corrected chi connectivity index (χ1v) is 5.16. The number of methoxy groups -OCH3 is 1. The Hall–Kier alpha value is 0.440. The fraction of sp³-hybridized carbons (Fsp3) is 1.00. The van der Waals surface area contributed by atoms with Gasteiger partial charge in [0.1, 0.15) is 4.51 Å². The SMILES string of the molecule is CCCCCCC(C)(Br)OC. The van der Waals surface area contributed by atoms with Gasteiger partial charge in [-0.2, -0.15) is 0 Å². The van der Waals surface area contributed by atoms with E-state index in [0.29, 0.717) is 0 Å². The van der Waals surface area contributed by atoms with E-state index in [1.165, 1.54) is 25.7 Å². The fourth-order valence-corrected chi connectivity index (χ4v) is 1.25. The zero-order valence-corrected chi connectivity index (χ0v) is 9.41. The molecule has 0 radical (unpaired) electrons. The Morgan fingerprint density at radius 2 is 1.91 bits per heavy atom. The quantitative estimate of drug-likeness (QED) is 0.492. The molecule has 11 heavy (non-hydrogen) atoms. The lowest BCUT2D eigenvalue weighted by Gasteiger charge is -2.20. The van der Waals surface area contributed by atoms with Crippen LogP contribution >= 0.6 is 15.9 Å². The topological polar surface area (TPSA) is 9.23 Å². The van der Waals surface area contributed by atoms with E-state index in [2.05, 4.69) is 29.8 Å². The first kappa shape index (κ1) is 11.4. The van der Waals surface area contributed by atoms with Crippen LogP contribution in [0.4, 0.5) is 0 Å². The van der Waals surface area contributed by atoms with Gasteiger partial charge in [-0.3, -0.25) is 0 Å². The first-order chi connectivity index (χ1) is 5.12. The van der Waals surface area contributed by atoms with Gasteiger partial charge in [0, 0.05) is 7.11 Å². The number of unbranched alkanes of at least 4 members (excludes halogenated alkanes) is 3. The van der Waals surface area contributed by atoms with Crippen molar-refractivity contribution in [1.82, 2.24) is 0 Å². The van der Waals surface area contributed by atoms with Crippen molar-refractivity contribution in [3.63, 3.8) is 0 Å². The molecule has 0 fully saturated rings. The van der Waals surface area contributed by atoms with Gasteiger partial charge in [-0.1, -0.05) is 42.1 Å². The van der Waals surface area contributed by atoms with Crippen LogP contribution in [0.2, 0.25) is 0 Å². The maximum absolute atomic E-state index is 5.23. The van der Waals surface area contributed by atoms with Crippen molar-refractivity contribution in [2.45, 2.75) is 50.5 Å². The highest BCUT2D eigenvalue weighted by atomic mass is 79.9. The highest BCUT2D eigenvalue weighted by molar-refractivity contribution is 9.10. The second kappa shape index (κ2) is 6.01. The van der Waals surface area contributed by atoms with Crippen molar-refractivity contribution >= 4 is 15.9 Å². The molecule has 0 saturated carbocycles. The normalized spacial score (nSPS) is 16.4. The van der Waals surface area contributed by atoms with Crippen LogP contribution < -0.4 is 0 Å². The van der Waals surface area contributed by atoms with E-state index < -0.39 is 0 Å². The van der Waals surface area contributed by atoms with Crippen LogP contribution in [-0.2, 0) is 4.74 Å². The van der Waals surface area contributed by atoms with Crippen molar-refractivity contribution in [3.05, 3.63) is 0 Å². The van der Waals surface area contributed by atoms with E-state index in [9.17, 15) is 0 Å². The summed E-state index contributed by atoms with van der Waals surface area (Å²) in [5.74, 6) is 0. The molecule has 1 atom stereocenters. The molecule has 0 spiro atoms. The van der Waals surface area contributed by atoms with Gasteiger partial charge in [-0.15, -0.1) is 0 Å². The molecule has 2 heteroatoms. The van der Waals surface area contributed by atoms with Gasteiger partial charge < -0.3 is 4.74 Å². The molecule has 0 heterocycles. The van der Waals surface area contributed by atoms with E-state index >= 15 is 0 Å². The average molecular weight is 223 g/mol. The van der Waals surface area contributed by atoms with Crippen molar-refractivity contribution in [1.29, 1.82) is 0 Å². The lowest BCUT2D eigenvalue weighted by atomic mass is 10.1. The molecule has 1 nitrogen and oxygen atoms in total. The molecule has 0 rings (SSSR count). The summed E-state index contributed by atoms with van der Waals surface area (Å²) in [6.07, 6.45) is 6.31. The summed E-state index contributed by atoms with van der Waals surface area (Å²) >= 11 is 3.51. The molecular formula is C9H19BrO. The van der Waals surface area contributed by atoms with Crippen LogP contribution in [0, 0.1) is 0 Å². The van der Waals surface area contributed by atoms with Gasteiger partial charge in [-0.25, -0.2) is 0 Å². The summed E-state index contributed by atoms with van der Waals surface area (Å²) < 4.78 is 5.14. The molecule has 0 aliphatic carbocycles. The predicted molar refractivity (Wildman–Crippen MR) is 53.1 cm³/mol. The second-order valence-corrected chi connectivity index (χ2v) is 4.79. The number of halogens is 1. The Balaban J connectivity index is 3.23. The van der Waals surface area contributed by atoms with Crippen LogP contribution in [-0.4, -0.2) is 11.6 Å². The van der Waals surface area contributed by atoms with Crippen LogP contribution in [0.3, 0.4) is 0 Å². The third kappa shape index (κ3) is 6.82. The van der Waals surface area contributed by atoms with Crippen molar-refractivity contribution in [3.8, 4) is 0 Å². The number of hydrogen-bond donors (Lipinski definition) is 0. The van der Waals surface area contributed by atoms with Gasteiger partial charge in [-0.05, 0) is 19.8 Å². The maximum atomic E-state index is 5.23. The van der Waals surface area contributed by atoms with E-state index in [0.717, 1.165) is 6.42 Å². The molecule has 0 aliphatic rings. The Morgan fingerprint density at radius 3 is 2.36 bits per heavy atom. The van der Waals surface area contributed by atoms with E-state index in [1.54, 1.807) is 7.11 Å². The summed E-state index contributed by atoms with van der Waals surface area (Å²) in [5, 5.41) is 0. The Kier molecular flexibility index (Phi) is 6.25. The lowest BCUT2D eigenvalue weighted by molar-refractivity contribution is 0.0837. The molecule has 0 N–H and O–H groups in total. The zero-order valence-electron chi connectivity index (χ0n) is 7.82. The Labute approximate surface area is 78.6 Å². The van der Waals surface area contributed by atoms with E-state index in [1.807, 2.05) is 0 Å². The summed E-state index contributed by atoms with van der Waals surface area (Å²) in [6.45, 7) is 4.29. The maximum Gasteiger partial charge on any atom is 0.119 e. The third-order valence-electron chi connectivity index (χ3n) is 1.90. The number of alkyl halides is 1. The van der Waals surface area contributed by atoms with Crippen LogP contribution in [0.15, 0.2) is 0 Å². The van der Waals surface area contributed by atoms with Gasteiger partial charge in [0.15, 0.2) is 0 Å². The van der Waals surface area contributed by atoms with Gasteiger partial charge in [0.2, 0.25) is 0 Å². The number of hydrogen-bond acceptors (Lipinski definition) is 1. The average Bonchev–Trinajstić information content (AvgIpc) is 1.99. The lowest BCUT2D eigenvalue weighted by Crippen LogP contribution is -2.17. The predicted octanol–water partition coefficient (Wildman–Crippen LogP) is 3.71. The molecule has 68 valence electrons. The molecule has 0 aromatic carbocycles. The minimum atomic E-state index is -0.0965. The Bertz CT molecular complexity index is 91.6.